The molecule has 5 rings (SSSR count). The number of ether oxygens (including phenoxy) is 2. The molecule has 206 valence electrons. The molecule has 4 aromatic rings. The van der Waals surface area contributed by atoms with E-state index < -0.39 is 0 Å². The number of thiocarbonyl (C=S) groups is 1. The number of imidazole rings is 1. The molecule has 0 bridgehead atoms. The Kier molecular flexibility index (Phi) is 8.46. The fraction of sp³-hybridized carbons (Fsp3) is 0.250. The quantitative estimate of drug-likeness (QED) is 0.162. The van der Waals surface area contributed by atoms with Crippen LogP contribution >= 0.6 is 24.0 Å². The van der Waals surface area contributed by atoms with Crippen molar-refractivity contribution >= 4 is 51.7 Å². The number of nitrogens with zero attached hydrogens (tertiary/aromatic N) is 5. The summed E-state index contributed by atoms with van der Waals surface area (Å²) in [5, 5.41) is 3.29. The maximum atomic E-state index is 13.5. The molecule has 10 nitrogen and oxygen atoms in total. The van der Waals surface area contributed by atoms with Gasteiger partial charge in [0, 0.05) is 38.2 Å². The zero-order valence-electron chi connectivity index (χ0n) is 22.1. The molecule has 1 aromatic carbocycles. The van der Waals surface area contributed by atoms with Gasteiger partial charge < -0.3 is 19.4 Å². The Bertz CT molecular complexity index is 1630. The van der Waals surface area contributed by atoms with Crippen LogP contribution in [0.2, 0.25) is 0 Å². The molecule has 0 spiro atoms. The molecule has 1 amide bonds. The highest BCUT2D eigenvalue weighted by molar-refractivity contribution is 8.26. The fourth-order valence-corrected chi connectivity index (χ4v) is 5.65. The molecule has 0 unspecified atom stereocenters. The average molecular weight is 577 g/mol. The van der Waals surface area contributed by atoms with Gasteiger partial charge in [0.15, 0.2) is 11.5 Å². The first-order valence-electron chi connectivity index (χ1n) is 12.7. The van der Waals surface area contributed by atoms with Crippen molar-refractivity contribution in [3.8, 4) is 11.5 Å². The van der Waals surface area contributed by atoms with Crippen LogP contribution < -0.4 is 20.3 Å². The Labute approximate surface area is 240 Å². The van der Waals surface area contributed by atoms with Crippen LogP contribution in [0.1, 0.15) is 17.5 Å². The lowest BCUT2D eigenvalue weighted by Crippen LogP contribution is -2.30. The van der Waals surface area contributed by atoms with E-state index in [2.05, 4.69) is 15.3 Å². The summed E-state index contributed by atoms with van der Waals surface area (Å²) in [7, 11) is 3.17. The molecular weight excluding hydrogens is 548 g/mol. The van der Waals surface area contributed by atoms with Crippen molar-refractivity contribution in [1.29, 1.82) is 0 Å². The number of pyridine rings is 1. The third kappa shape index (κ3) is 5.87. The van der Waals surface area contributed by atoms with E-state index in [1.807, 2.05) is 35.0 Å². The summed E-state index contributed by atoms with van der Waals surface area (Å²) >= 11 is 6.73. The zero-order chi connectivity index (χ0) is 28.1. The Morgan fingerprint density at radius 2 is 1.93 bits per heavy atom. The van der Waals surface area contributed by atoms with Gasteiger partial charge in [-0.15, -0.1) is 0 Å². The van der Waals surface area contributed by atoms with Crippen molar-refractivity contribution in [2.24, 2.45) is 0 Å². The standard InChI is InChI=1S/C28H28N6O4S2/c1-37-21-8-7-19(16-22(21)38-2)9-14-34-27(36)23(40-28(34)39)17-20-25(30-10-5-12-32-15-11-29-18-32)31-24-6-3-4-13-33(24)26(20)35/h3-4,6-8,11,13,15-18,30H,5,9-10,12,14H2,1-2H3. The van der Waals surface area contributed by atoms with Gasteiger partial charge >= 0.3 is 0 Å². The average Bonchev–Trinajstić information content (AvgIpc) is 3.59. The lowest BCUT2D eigenvalue weighted by atomic mass is 10.1. The molecular formula is C28H28N6O4S2. The lowest BCUT2D eigenvalue weighted by molar-refractivity contribution is -0.122. The largest absolute Gasteiger partial charge is 0.493 e. The molecule has 3 aromatic heterocycles. The Balaban J connectivity index is 1.36. The number of carbonyl (C=O) groups excluding carboxylic acids is 1. The number of aromatic nitrogens is 4. The molecule has 0 aliphatic carbocycles. The smallest absolute Gasteiger partial charge is 0.267 e. The second kappa shape index (κ2) is 12.3. The molecule has 1 aliphatic heterocycles. The maximum Gasteiger partial charge on any atom is 0.267 e. The predicted molar refractivity (Wildman–Crippen MR) is 160 cm³/mol. The van der Waals surface area contributed by atoms with E-state index in [9.17, 15) is 9.59 Å². The van der Waals surface area contributed by atoms with Gasteiger partial charge in [0.2, 0.25) is 0 Å². The van der Waals surface area contributed by atoms with Crippen molar-refractivity contribution < 1.29 is 14.3 Å². The Morgan fingerprint density at radius 3 is 2.70 bits per heavy atom. The minimum atomic E-state index is -0.265. The lowest BCUT2D eigenvalue weighted by Gasteiger charge is -2.15. The highest BCUT2D eigenvalue weighted by Crippen LogP contribution is 2.34. The third-order valence-electron chi connectivity index (χ3n) is 6.43. The first-order chi connectivity index (χ1) is 19.5. The van der Waals surface area contributed by atoms with Crippen LogP contribution in [0.15, 0.2) is 71.0 Å². The first-order valence-corrected chi connectivity index (χ1v) is 13.9. The van der Waals surface area contributed by atoms with Gasteiger partial charge in [0.25, 0.3) is 11.5 Å². The third-order valence-corrected chi connectivity index (χ3v) is 7.81. The summed E-state index contributed by atoms with van der Waals surface area (Å²) in [6.45, 7) is 1.75. The Hall–Kier alpha value is -4.16. The molecule has 4 heterocycles. The molecule has 0 radical (unpaired) electrons. The molecule has 1 fully saturated rings. The van der Waals surface area contributed by atoms with E-state index in [1.54, 1.807) is 56.0 Å². The molecule has 12 heteroatoms. The predicted octanol–water partition coefficient (Wildman–Crippen LogP) is 3.85. The summed E-state index contributed by atoms with van der Waals surface area (Å²) in [5.41, 5.74) is 1.55. The number of aryl methyl sites for hydroxylation is 1. The summed E-state index contributed by atoms with van der Waals surface area (Å²) < 4.78 is 14.6. The highest BCUT2D eigenvalue weighted by atomic mass is 32.2. The van der Waals surface area contributed by atoms with Crippen LogP contribution in [0.5, 0.6) is 11.5 Å². The number of methoxy groups -OCH3 is 2. The van der Waals surface area contributed by atoms with Crippen molar-refractivity contribution in [3.05, 3.63) is 87.7 Å². The van der Waals surface area contributed by atoms with Gasteiger partial charge in [-0.3, -0.25) is 18.9 Å². The zero-order valence-corrected chi connectivity index (χ0v) is 23.7. The van der Waals surface area contributed by atoms with Crippen LogP contribution in [-0.2, 0) is 17.8 Å². The number of fused-ring (bicyclic) bond motifs is 1. The SMILES string of the molecule is COc1ccc(CCN2C(=O)C(=Cc3c(NCCCn4ccnc4)nc4ccccn4c3=O)SC2=S)cc1OC. The van der Waals surface area contributed by atoms with Crippen LogP contribution in [-0.4, -0.2) is 61.4 Å². The number of anilines is 1. The minimum Gasteiger partial charge on any atom is -0.493 e. The van der Waals surface area contributed by atoms with Gasteiger partial charge in [-0.1, -0.05) is 36.1 Å². The normalized spacial score (nSPS) is 14.3. The van der Waals surface area contributed by atoms with Gasteiger partial charge in [0.05, 0.1) is 31.0 Å². The molecule has 0 atom stereocenters. The van der Waals surface area contributed by atoms with E-state index in [1.165, 1.54) is 16.2 Å². The molecule has 1 aliphatic rings. The van der Waals surface area contributed by atoms with Gasteiger partial charge in [0.1, 0.15) is 15.8 Å². The van der Waals surface area contributed by atoms with Gasteiger partial charge in [-0.05, 0) is 48.7 Å². The number of benzene rings is 1. The maximum absolute atomic E-state index is 13.5. The fourth-order valence-electron chi connectivity index (χ4n) is 4.36. The van der Waals surface area contributed by atoms with Crippen molar-refractivity contribution in [3.63, 3.8) is 0 Å². The van der Waals surface area contributed by atoms with E-state index in [0.717, 1.165) is 18.5 Å². The topological polar surface area (TPSA) is 103 Å². The van der Waals surface area contributed by atoms with Crippen molar-refractivity contribution in [2.75, 3.05) is 32.6 Å². The second-order valence-corrected chi connectivity index (χ2v) is 10.6. The van der Waals surface area contributed by atoms with Crippen molar-refractivity contribution in [2.45, 2.75) is 19.4 Å². The molecule has 0 saturated carbocycles. The van der Waals surface area contributed by atoms with Gasteiger partial charge in [-0.2, -0.15) is 0 Å². The van der Waals surface area contributed by atoms with Gasteiger partial charge in [-0.25, -0.2) is 9.97 Å². The van der Waals surface area contributed by atoms with Crippen LogP contribution in [0, 0.1) is 0 Å². The molecule has 40 heavy (non-hydrogen) atoms. The number of hydrogen-bond acceptors (Lipinski definition) is 9. The first kappa shape index (κ1) is 27.4. The monoisotopic (exact) mass is 576 g/mol. The Morgan fingerprint density at radius 1 is 1.07 bits per heavy atom. The van der Waals surface area contributed by atoms with Crippen LogP contribution in [0.3, 0.4) is 0 Å². The van der Waals surface area contributed by atoms with Crippen LogP contribution in [0.4, 0.5) is 5.82 Å². The summed E-state index contributed by atoms with van der Waals surface area (Å²) in [4.78, 5) is 37.6. The van der Waals surface area contributed by atoms with E-state index in [-0.39, 0.29) is 11.5 Å². The summed E-state index contributed by atoms with van der Waals surface area (Å²) in [6.07, 6.45) is 10.0. The number of carbonyl (C=O) groups is 1. The number of thioether (sulfide) groups is 1. The second-order valence-electron chi connectivity index (χ2n) is 8.96. The summed E-state index contributed by atoms with van der Waals surface area (Å²) in [5.74, 6) is 1.46. The van der Waals surface area contributed by atoms with Crippen molar-refractivity contribution in [1.82, 2.24) is 23.8 Å². The number of rotatable bonds is 11. The minimum absolute atomic E-state index is 0.237. The highest BCUT2D eigenvalue weighted by Gasteiger charge is 2.32. The van der Waals surface area contributed by atoms with E-state index >= 15 is 0 Å². The summed E-state index contributed by atoms with van der Waals surface area (Å²) in [6, 6.07) is 11.0. The number of nitrogens with one attached hydrogen (secondary N) is 1. The number of amides is 1. The molecule has 1 saturated heterocycles. The van der Waals surface area contributed by atoms with Crippen LogP contribution in [0.25, 0.3) is 11.7 Å². The number of hydrogen-bond donors (Lipinski definition) is 1. The van der Waals surface area contributed by atoms with E-state index in [4.69, 9.17) is 21.7 Å². The molecule has 1 N–H and O–H groups in total. The van der Waals surface area contributed by atoms with E-state index in [0.29, 0.717) is 57.3 Å².